The molecular formula is C16H19NO2. The van der Waals surface area contributed by atoms with Crippen molar-refractivity contribution in [1.29, 1.82) is 0 Å². The number of rotatable bonds is 6. The van der Waals surface area contributed by atoms with Crippen molar-refractivity contribution in [3.8, 4) is 11.5 Å². The van der Waals surface area contributed by atoms with Crippen LogP contribution in [-0.4, -0.2) is 11.7 Å². The van der Waals surface area contributed by atoms with Crippen molar-refractivity contribution in [3.63, 3.8) is 0 Å². The quantitative estimate of drug-likeness (QED) is 0.835. The van der Waals surface area contributed by atoms with Crippen LogP contribution in [0.1, 0.15) is 18.1 Å². The predicted molar refractivity (Wildman–Crippen MR) is 76.3 cm³/mol. The van der Waals surface area contributed by atoms with Gasteiger partial charge in [0.1, 0.15) is 0 Å². The maximum atomic E-state index is 9.62. The highest BCUT2D eigenvalue weighted by Gasteiger charge is 2.03. The van der Waals surface area contributed by atoms with Crippen molar-refractivity contribution < 1.29 is 9.84 Å². The van der Waals surface area contributed by atoms with E-state index in [4.69, 9.17) is 4.74 Å². The van der Waals surface area contributed by atoms with Crippen molar-refractivity contribution in [3.05, 3.63) is 59.7 Å². The molecule has 0 atom stereocenters. The van der Waals surface area contributed by atoms with Gasteiger partial charge in [0.05, 0.1) is 6.61 Å². The zero-order chi connectivity index (χ0) is 13.5. The summed E-state index contributed by atoms with van der Waals surface area (Å²) in [5, 5.41) is 13.0. The van der Waals surface area contributed by atoms with E-state index < -0.39 is 0 Å². The van der Waals surface area contributed by atoms with E-state index >= 15 is 0 Å². The molecule has 0 bridgehead atoms. The maximum Gasteiger partial charge on any atom is 0.161 e. The molecule has 3 heteroatoms. The van der Waals surface area contributed by atoms with Crippen LogP contribution in [0.4, 0.5) is 0 Å². The third-order valence-electron chi connectivity index (χ3n) is 2.83. The average molecular weight is 257 g/mol. The number of benzene rings is 2. The van der Waals surface area contributed by atoms with Crippen LogP contribution in [0.3, 0.4) is 0 Å². The molecule has 19 heavy (non-hydrogen) atoms. The smallest absolute Gasteiger partial charge is 0.161 e. The highest BCUT2D eigenvalue weighted by molar-refractivity contribution is 5.41. The van der Waals surface area contributed by atoms with Gasteiger partial charge in [0, 0.05) is 13.1 Å². The summed E-state index contributed by atoms with van der Waals surface area (Å²) in [5.74, 6) is 0.732. The molecule has 2 N–H and O–H groups in total. The van der Waals surface area contributed by atoms with E-state index in [1.54, 1.807) is 6.07 Å². The van der Waals surface area contributed by atoms with Gasteiger partial charge in [-0.2, -0.15) is 0 Å². The lowest BCUT2D eigenvalue weighted by atomic mass is 10.2. The van der Waals surface area contributed by atoms with Crippen molar-refractivity contribution in [2.24, 2.45) is 0 Å². The van der Waals surface area contributed by atoms with Gasteiger partial charge in [-0.05, 0) is 30.2 Å². The van der Waals surface area contributed by atoms with Crippen molar-refractivity contribution >= 4 is 0 Å². The van der Waals surface area contributed by atoms with E-state index in [-0.39, 0.29) is 5.75 Å². The largest absolute Gasteiger partial charge is 0.504 e. The van der Waals surface area contributed by atoms with Gasteiger partial charge in [0.15, 0.2) is 11.5 Å². The molecule has 0 aliphatic heterocycles. The molecule has 0 unspecified atom stereocenters. The van der Waals surface area contributed by atoms with Gasteiger partial charge < -0.3 is 15.2 Å². The van der Waals surface area contributed by atoms with Crippen LogP contribution in [0, 0.1) is 0 Å². The molecule has 2 rings (SSSR count). The highest BCUT2D eigenvalue weighted by Crippen LogP contribution is 2.26. The summed E-state index contributed by atoms with van der Waals surface area (Å²) in [6.07, 6.45) is 0. The fourth-order valence-corrected chi connectivity index (χ4v) is 1.89. The summed E-state index contributed by atoms with van der Waals surface area (Å²) in [6, 6.07) is 15.7. The Morgan fingerprint density at radius 2 is 1.74 bits per heavy atom. The Hall–Kier alpha value is -2.00. The van der Waals surface area contributed by atoms with E-state index in [0.29, 0.717) is 12.4 Å². The van der Waals surface area contributed by atoms with Crippen molar-refractivity contribution in [2.45, 2.75) is 20.0 Å². The number of hydrogen-bond donors (Lipinski definition) is 2. The van der Waals surface area contributed by atoms with E-state index in [9.17, 15) is 5.11 Å². The molecule has 3 nitrogen and oxygen atoms in total. The summed E-state index contributed by atoms with van der Waals surface area (Å²) < 4.78 is 5.36. The minimum Gasteiger partial charge on any atom is -0.504 e. The van der Waals surface area contributed by atoms with E-state index in [2.05, 4.69) is 17.4 Å². The minimum absolute atomic E-state index is 0.189. The summed E-state index contributed by atoms with van der Waals surface area (Å²) >= 11 is 0. The summed E-state index contributed by atoms with van der Waals surface area (Å²) in [5.41, 5.74) is 2.35. The summed E-state index contributed by atoms with van der Waals surface area (Å²) in [7, 11) is 0. The first-order chi connectivity index (χ1) is 9.29. The number of ether oxygens (including phenoxy) is 1. The Morgan fingerprint density at radius 3 is 2.47 bits per heavy atom. The SMILES string of the molecule is CCOc1cc(CNCc2ccccc2)ccc1O. The Balaban J connectivity index is 1.91. The van der Waals surface area contributed by atoms with Gasteiger partial charge in [0.25, 0.3) is 0 Å². The van der Waals surface area contributed by atoms with Gasteiger partial charge in [-0.1, -0.05) is 36.4 Å². The third-order valence-corrected chi connectivity index (χ3v) is 2.83. The van der Waals surface area contributed by atoms with Gasteiger partial charge in [-0.15, -0.1) is 0 Å². The van der Waals surface area contributed by atoms with Crippen LogP contribution in [0.15, 0.2) is 48.5 Å². The molecule has 2 aromatic rings. The number of hydrogen-bond acceptors (Lipinski definition) is 3. The number of nitrogens with one attached hydrogen (secondary N) is 1. The van der Waals surface area contributed by atoms with E-state index in [0.717, 1.165) is 18.7 Å². The summed E-state index contributed by atoms with van der Waals surface area (Å²) in [4.78, 5) is 0. The molecule has 0 spiro atoms. The molecule has 0 aliphatic carbocycles. The van der Waals surface area contributed by atoms with Crippen molar-refractivity contribution in [2.75, 3.05) is 6.61 Å². The Labute approximate surface area is 113 Å². The molecule has 100 valence electrons. The lowest BCUT2D eigenvalue weighted by Gasteiger charge is -2.09. The summed E-state index contributed by atoms with van der Waals surface area (Å²) in [6.45, 7) is 4.02. The molecule has 0 heterocycles. The molecule has 0 fully saturated rings. The molecule has 0 saturated heterocycles. The average Bonchev–Trinajstić information content (AvgIpc) is 2.44. The maximum absolute atomic E-state index is 9.62. The first kappa shape index (κ1) is 13.4. The zero-order valence-corrected chi connectivity index (χ0v) is 11.1. The predicted octanol–water partition coefficient (Wildman–Crippen LogP) is 3.08. The minimum atomic E-state index is 0.189. The second-order valence-electron chi connectivity index (χ2n) is 4.32. The molecular weight excluding hydrogens is 238 g/mol. The van der Waals surface area contributed by atoms with Gasteiger partial charge in [0.2, 0.25) is 0 Å². The molecule has 0 saturated carbocycles. The Bertz CT molecular complexity index is 511. The number of aromatic hydroxyl groups is 1. The number of phenolic OH excluding ortho intramolecular Hbond substituents is 1. The molecule has 0 aliphatic rings. The highest BCUT2D eigenvalue weighted by atomic mass is 16.5. The fourth-order valence-electron chi connectivity index (χ4n) is 1.89. The van der Waals surface area contributed by atoms with E-state index in [1.165, 1.54) is 5.56 Å². The molecule has 0 amide bonds. The van der Waals surface area contributed by atoms with Crippen LogP contribution in [-0.2, 0) is 13.1 Å². The van der Waals surface area contributed by atoms with Crippen LogP contribution < -0.4 is 10.1 Å². The van der Waals surface area contributed by atoms with Gasteiger partial charge >= 0.3 is 0 Å². The topological polar surface area (TPSA) is 41.5 Å². The second kappa shape index (κ2) is 6.81. The second-order valence-corrected chi connectivity index (χ2v) is 4.32. The monoisotopic (exact) mass is 257 g/mol. The van der Waals surface area contributed by atoms with E-state index in [1.807, 2.05) is 37.3 Å². The molecule has 2 aromatic carbocycles. The molecule has 0 aromatic heterocycles. The van der Waals surface area contributed by atoms with Crippen LogP contribution in [0.25, 0.3) is 0 Å². The first-order valence-corrected chi connectivity index (χ1v) is 6.49. The lowest BCUT2D eigenvalue weighted by Crippen LogP contribution is -2.12. The Kier molecular flexibility index (Phi) is 4.81. The standard InChI is InChI=1S/C16H19NO2/c1-2-19-16-10-14(8-9-15(16)18)12-17-11-13-6-4-3-5-7-13/h3-10,17-18H,2,11-12H2,1H3. The Morgan fingerprint density at radius 1 is 1.00 bits per heavy atom. The van der Waals surface area contributed by atoms with Crippen LogP contribution in [0.5, 0.6) is 11.5 Å². The van der Waals surface area contributed by atoms with Crippen LogP contribution >= 0.6 is 0 Å². The van der Waals surface area contributed by atoms with Gasteiger partial charge in [-0.25, -0.2) is 0 Å². The normalized spacial score (nSPS) is 10.4. The molecule has 0 radical (unpaired) electrons. The third kappa shape index (κ3) is 4.00. The zero-order valence-electron chi connectivity index (χ0n) is 11.1. The van der Waals surface area contributed by atoms with Crippen LogP contribution in [0.2, 0.25) is 0 Å². The lowest BCUT2D eigenvalue weighted by molar-refractivity contribution is 0.317. The fraction of sp³-hybridized carbons (Fsp3) is 0.250. The first-order valence-electron chi connectivity index (χ1n) is 6.49. The van der Waals surface area contributed by atoms with Gasteiger partial charge in [-0.3, -0.25) is 0 Å². The van der Waals surface area contributed by atoms with Crippen molar-refractivity contribution in [1.82, 2.24) is 5.32 Å². The number of phenols is 1.